The first kappa shape index (κ1) is 16.5. The van der Waals surface area contributed by atoms with Crippen LogP contribution in [0.2, 0.25) is 0 Å². The Morgan fingerprint density at radius 1 is 1.08 bits per heavy atom. The second-order valence-corrected chi connectivity index (χ2v) is 7.93. The third-order valence-corrected chi connectivity index (χ3v) is 6.36. The fourth-order valence-corrected chi connectivity index (χ4v) is 4.53. The van der Waals surface area contributed by atoms with E-state index in [4.69, 9.17) is 9.47 Å². The SMILES string of the molecule is COc1ccc([C@]2(C)OC=N[C@H]2S(=O)(=O)c2ccc(C)cc2)cc1. The maximum Gasteiger partial charge on any atom is 0.205 e. The molecule has 2 aromatic rings. The normalized spacial score (nSPS) is 23.0. The van der Waals surface area contributed by atoms with E-state index < -0.39 is 20.8 Å². The van der Waals surface area contributed by atoms with Crippen molar-refractivity contribution in [1.82, 2.24) is 0 Å². The monoisotopic (exact) mass is 345 g/mol. The zero-order chi connectivity index (χ0) is 17.4. The molecule has 1 aliphatic heterocycles. The second kappa shape index (κ2) is 5.94. The van der Waals surface area contributed by atoms with Gasteiger partial charge in [0.15, 0.2) is 12.0 Å². The molecule has 0 saturated heterocycles. The molecular formula is C18H19NO4S. The highest BCUT2D eigenvalue weighted by atomic mass is 32.2. The standard InChI is InChI=1S/C18H19NO4S/c1-13-4-10-16(11-5-13)24(20,21)17-18(2,23-12-19-17)14-6-8-15(22-3)9-7-14/h4-12,17H,1-3H3/t17-,18-/m0/s1. The first-order chi connectivity index (χ1) is 11.4. The van der Waals surface area contributed by atoms with Crippen molar-refractivity contribution >= 4 is 16.2 Å². The van der Waals surface area contributed by atoms with Crippen molar-refractivity contribution in [2.24, 2.45) is 4.99 Å². The summed E-state index contributed by atoms with van der Waals surface area (Å²) >= 11 is 0. The van der Waals surface area contributed by atoms with Gasteiger partial charge < -0.3 is 9.47 Å². The molecule has 0 saturated carbocycles. The molecule has 3 rings (SSSR count). The first-order valence-corrected chi connectivity index (χ1v) is 9.07. The summed E-state index contributed by atoms with van der Waals surface area (Å²) in [5, 5.41) is -1.04. The minimum atomic E-state index is -3.68. The summed E-state index contributed by atoms with van der Waals surface area (Å²) in [6.45, 7) is 3.65. The van der Waals surface area contributed by atoms with Gasteiger partial charge in [-0.1, -0.05) is 29.8 Å². The number of rotatable bonds is 4. The summed E-state index contributed by atoms with van der Waals surface area (Å²) < 4.78 is 36.9. The van der Waals surface area contributed by atoms with Crippen LogP contribution in [0.3, 0.4) is 0 Å². The number of hydrogen-bond acceptors (Lipinski definition) is 5. The lowest BCUT2D eigenvalue weighted by atomic mass is 9.96. The summed E-state index contributed by atoms with van der Waals surface area (Å²) in [5.41, 5.74) is 0.634. The van der Waals surface area contributed by atoms with Gasteiger partial charge in [-0.3, -0.25) is 0 Å². The van der Waals surface area contributed by atoms with Crippen LogP contribution in [0.4, 0.5) is 0 Å². The largest absolute Gasteiger partial charge is 0.497 e. The summed E-state index contributed by atoms with van der Waals surface area (Å²) in [5.74, 6) is 0.694. The second-order valence-electron chi connectivity index (χ2n) is 5.92. The number of aryl methyl sites for hydroxylation is 1. The van der Waals surface area contributed by atoms with Crippen LogP contribution in [0.25, 0.3) is 0 Å². The molecule has 1 heterocycles. The number of methoxy groups -OCH3 is 1. The van der Waals surface area contributed by atoms with Gasteiger partial charge in [-0.25, -0.2) is 13.4 Å². The fraction of sp³-hybridized carbons (Fsp3) is 0.278. The van der Waals surface area contributed by atoms with Crippen LogP contribution in [0.1, 0.15) is 18.1 Å². The van der Waals surface area contributed by atoms with Crippen LogP contribution in [0.15, 0.2) is 58.4 Å². The Morgan fingerprint density at radius 3 is 2.29 bits per heavy atom. The molecule has 0 spiro atoms. The zero-order valence-electron chi connectivity index (χ0n) is 13.8. The molecule has 0 N–H and O–H groups in total. The molecule has 1 aliphatic rings. The van der Waals surface area contributed by atoms with Crippen molar-refractivity contribution in [3.8, 4) is 5.75 Å². The topological polar surface area (TPSA) is 65.0 Å². The number of sulfone groups is 1. The summed E-state index contributed by atoms with van der Waals surface area (Å²) in [7, 11) is -2.10. The van der Waals surface area contributed by atoms with Gasteiger partial charge in [0.1, 0.15) is 5.75 Å². The summed E-state index contributed by atoms with van der Waals surface area (Å²) in [6.07, 6.45) is 1.22. The Hall–Kier alpha value is -2.34. The van der Waals surface area contributed by atoms with E-state index in [9.17, 15) is 8.42 Å². The van der Waals surface area contributed by atoms with Crippen LogP contribution >= 0.6 is 0 Å². The summed E-state index contributed by atoms with van der Waals surface area (Å²) in [6, 6.07) is 13.9. The molecule has 24 heavy (non-hydrogen) atoms. The van der Waals surface area contributed by atoms with Gasteiger partial charge in [-0.05, 0) is 43.7 Å². The molecular weight excluding hydrogens is 326 g/mol. The van der Waals surface area contributed by atoms with E-state index in [2.05, 4.69) is 4.99 Å². The van der Waals surface area contributed by atoms with Crippen LogP contribution in [-0.2, 0) is 20.2 Å². The van der Waals surface area contributed by atoms with Gasteiger partial charge in [-0.15, -0.1) is 0 Å². The highest BCUT2D eigenvalue weighted by molar-refractivity contribution is 7.92. The Labute approximate surface area is 141 Å². The smallest absolute Gasteiger partial charge is 0.205 e. The van der Waals surface area contributed by atoms with Gasteiger partial charge in [0.25, 0.3) is 0 Å². The van der Waals surface area contributed by atoms with E-state index in [0.29, 0.717) is 5.75 Å². The Balaban J connectivity index is 2.02. The van der Waals surface area contributed by atoms with E-state index in [1.54, 1.807) is 62.6 Å². The molecule has 5 nitrogen and oxygen atoms in total. The van der Waals surface area contributed by atoms with E-state index in [-0.39, 0.29) is 4.90 Å². The molecule has 0 fully saturated rings. The van der Waals surface area contributed by atoms with Gasteiger partial charge in [0.2, 0.25) is 15.2 Å². The fourth-order valence-electron chi connectivity index (χ4n) is 2.76. The van der Waals surface area contributed by atoms with Crippen molar-refractivity contribution in [3.63, 3.8) is 0 Å². The molecule has 6 heteroatoms. The van der Waals surface area contributed by atoms with Crippen LogP contribution in [-0.4, -0.2) is 27.3 Å². The Morgan fingerprint density at radius 2 is 1.71 bits per heavy atom. The van der Waals surface area contributed by atoms with Gasteiger partial charge >= 0.3 is 0 Å². The quantitative estimate of drug-likeness (QED) is 0.854. The van der Waals surface area contributed by atoms with Crippen molar-refractivity contribution in [2.75, 3.05) is 7.11 Å². The average Bonchev–Trinajstić information content (AvgIpc) is 2.99. The van der Waals surface area contributed by atoms with E-state index in [1.807, 2.05) is 6.92 Å². The molecule has 0 bridgehead atoms. The predicted octanol–water partition coefficient (Wildman–Crippen LogP) is 3.08. The number of benzene rings is 2. The number of nitrogens with zero attached hydrogens (tertiary/aromatic N) is 1. The molecule has 2 atom stereocenters. The Kier molecular flexibility index (Phi) is 4.09. The summed E-state index contributed by atoms with van der Waals surface area (Å²) in [4.78, 5) is 4.35. The van der Waals surface area contributed by atoms with Crippen LogP contribution in [0.5, 0.6) is 5.75 Å². The van der Waals surface area contributed by atoms with E-state index in [0.717, 1.165) is 11.1 Å². The number of ether oxygens (including phenoxy) is 2. The van der Waals surface area contributed by atoms with Crippen molar-refractivity contribution in [1.29, 1.82) is 0 Å². The minimum Gasteiger partial charge on any atom is -0.497 e. The molecule has 0 aliphatic carbocycles. The minimum absolute atomic E-state index is 0.237. The maximum absolute atomic E-state index is 13.0. The average molecular weight is 345 g/mol. The predicted molar refractivity (Wildman–Crippen MR) is 92.1 cm³/mol. The molecule has 0 aromatic heterocycles. The van der Waals surface area contributed by atoms with Gasteiger partial charge in [-0.2, -0.15) is 0 Å². The van der Waals surface area contributed by atoms with Crippen molar-refractivity contribution in [2.45, 2.75) is 29.7 Å². The van der Waals surface area contributed by atoms with Gasteiger partial charge in [0, 0.05) is 0 Å². The number of hydrogen-bond donors (Lipinski definition) is 0. The van der Waals surface area contributed by atoms with E-state index in [1.165, 1.54) is 6.40 Å². The van der Waals surface area contributed by atoms with Crippen LogP contribution < -0.4 is 4.74 Å². The van der Waals surface area contributed by atoms with Crippen molar-refractivity contribution in [3.05, 3.63) is 59.7 Å². The maximum atomic E-state index is 13.0. The lowest BCUT2D eigenvalue weighted by molar-refractivity contribution is 0.103. The molecule has 126 valence electrons. The van der Waals surface area contributed by atoms with Crippen LogP contribution in [0, 0.1) is 6.92 Å². The molecule has 0 unspecified atom stereocenters. The lowest BCUT2D eigenvalue weighted by Crippen LogP contribution is -2.39. The third-order valence-electron chi connectivity index (χ3n) is 4.27. The Bertz CT molecular complexity index is 857. The highest BCUT2D eigenvalue weighted by Crippen LogP contribution is 2.39. The zero-order valence-corrected chi connectivity index (χ0v) is 14.6. The number of aliphatic imine (C=N–C) groups is 1. The van der Waals surface area contributed by atoms with Crippen molar-refractivity contribution < 1.29 is 17.9 Å². The first-order valence-electron chi connectivity index (χ1n) is 7.52. The third kappa shape index (κ3) is 2.67. The molecule has 0 radical (unpaired) electrons. The van der Waals surface area contributed by atoms with Gasteiger partial charge in [0.05, 0.1) is 12.0 Å². The molecule has 0 amide bonds. The molecule has 2 aromatic carbocycles. The van der Waals surface area contributed by atoms with E-state index >= 15 is 0 Å². The highest BCUT2D eigenvalue weighted by Gasteiger charge is 2.49. The lowest BCUT2D eigenvalue weighted by Gasteiger charge is -2.29.